The summed E-state index contributed by atoms with van der Waals surface area (Å²) in [5, 5.41) is 31.7. The fraction of sp³-hybridized carbons (Fsp3) is 0.148. The zero-order chi connectivity index (χ0) is 26.1. The smallest absolute Gasteiger partial charge is 0.364 e. The van der Waals surface area contributed by atoms with Gasteiger partial charge in [-0.15, -0.1) is 5.11 Å². The Kier molecular flexibility index (Phi) is 6.02. The molecule has 3 aromatic rings. The molecule has 0 spiro atoms. The van der Waals surface area contributed by atoms with Crippen molar-refractivity contribution in [1.82, 2.24) is 20.5 Å². The lowest BCUT2D eigenvalue weighted by atomic mass is 10.1. The molecule has 1 saturated heterocycles. The number of rotatable bonds is 4. The van der Waals surface area contributed by atoms with Gasteiger partial charge < -0.3 is 20.6 Å². The zero-order valence-corrected chi connectivity index (χ0v) is 20.2. The van der Waals surface area contributed by atoms with Crippen molar-refractivity contribution in [3.05, 3.63) is 72.6 Å². The van der Waals surface area contributed by atoms with E-state index in [0.717, 1.165) is 48.5 Å². The Morgan fingerprint density at radius 1 is 0.947 bits per heavy atom. The number of hydrogen-bond acceptors (Lipinski definition) is 6. The highest BCUT2D eigenvalue weighted by Gasteiger charge is 2.26. The third-order valence-corrected chi connectivity index (χ3v) is 6.64. The SMILES string of the molecule is O=C(N=NC(=O)c1cccnc1)Nc1cccc2c3[nH][nH]c(-c4ccc(N5CCNCC5)cc4)c-3c(O)c12. The summed E-state index contributed by atoms with van der Waals surface area (Å²) in [5.41, 5.74) is 4.70. The van der Waals surface area contributed by atoms with Crippen LogP contribution in [-0.4, -0.2) is 58.4 Å². The molecular formula is C27H24N8O3. The standard InChI is InChI=1S/C27H24N8O3/c36-25-21-19(4-1-5-20(21)30-27(38)34-33-26(37)17-3-2-10-29-15-17)24-22(25)23(31-32-24)16-6-8-18(9-7-16)35-13-11-28-12-14-35/h1-10,15,28,31-32,36H,11-14H2,(H,30,38). The van der Waals surface area contributed by atoms with Crippen LogP contribution in [0.1, 0.15) is 10.4 Å². The average Bonchev–Trinajstić information content (AvgIpc) is 3.53. The third kappa shape index (κ3) is 4.24. The number of carbonyl (C=O) groups is 2. The van der Waals surface area contributed by atoms with E-state index in [-0.39, 0.29) is 11.3 Å². The highest BCUT2D eigenvalue weighted by molar-refractivity contribution is 6.16. The molecule has 2 aromatic carbocycles. The predicted molar refractivity (Wildman–Crippen MR) is 144 cm³/mol. The molecule has 0 unspecified atom stereocenters. The van der Waals surface area contributed by atoms with E-state index in [1.807, 2.05) is 18.2 Å². The van der Waals surface area contributed by atoms with Gasteiger partial charge in [0.25, 0.3) is 5.91 Å². The first-order valence-corrected chi connectivity index (χ1v) is 12.2. The van der Waals surface area contributed by atoms with Gasteiger partial charge in [0.1, 0.15) is 5.75 Å². The molecule has 2 aliphatic heterocycles. The Hall–Kier alpha value is -5.03. The molecule has 1 fully saturated rings. The Morgan fingerprint density at radius 3 is 2.50 bits per heavy atom. The second-order valence-electron chi connectivity index (χ2n) is 8.91. The number of aromatic hydroxyl groups is 1. The number of amides is 3. The Morgan fingerprint density at radius 2 is 1.74 bits per heavy atom. The molecule has 1 aliphatic carbocycles. The quantitative estimate of drug-likeness (QED) is 0.224. The number of nitrogens with zero attached hydrogens (tertiary/aromatic N) is 4. The van der Waals surface area contributed by atoms with E-state index in [2.05, 4.69) is 53.1 Å². The maximum absolute atomic E-state index is 12.5. The van der Waals surface area contributed by atoms with E-state index in [4.69, 9.17) is 0 Å². The Bertz CT molecular complexity index is 1620. The molecule has 0 saturated carbocycles. The fourth-order valence-corrected chi connectivity index (χ4v) is 4.82. The van der Waals surface area contributed by atoms with Gasteiger partial charge in [-0.3, -0.25) is 20.0 Å². The molecule has 0 atom stereocenters. The second kappa shape index (κ2) is 9.79. The summed E-state index contributed by atoms with van der Waals surface area (Å²) in [7, 11) is 0. The normalized spacial score (nSPS) is 13.9. The molecule has 6 rings (SSSR count). The number of aromatic amines is 2. The lowest BCUT2D eigenvalue weighted by Crippen LogP contribution is -2.43. The van der Waals surface area contributed by atoms with Crippen molar-refractivity contribution in [2.45, 2.75) is 0 Å². The van der Waals surface area contributed by atoms with Crippen LogP contribution in [0.2, 0.25) is 0 Å². The lowest BCUT2D eigenvalue weighted by Gasteiger charge is -2.29. The van der Waals surface area contributed by atoms with Crippen LogP contribution in [0, 0.1) is 0 Å². The van der Waals surface area contributed by atoms with Gasteiger partial charge >= 0.3 is 6.03 Å². The molecule has 5 N–H and O–H groups in total. The van der Waals surface area contributed by atoms with Crippen LogP contribution < -0.4 is 15.5 Å². The molecule has 11 nitrogen and oxygen atoms in total. The summed E-state index contributed by atoms with van der Waals surface area (Å²) in [5.74, 6) is -0.660. The number of fused-ring (bicyclic) bond motifs is 3. The Labute approximate surface area is 216 Å². The van der Waals surface area contributed by atoms with E-state index >= 15 is 0 Å². The van der Waals surface area contributed by atoms with E-state index in [0.29, 0.717) is 22.3 Å². The number of urea groups is 1. The van der Waals surface area contributed by atoms with Gasteiger partial charge in [-0.1, -0.05) is 29.4 Å². The number of nitrogens with one attached hydrogen (secondary N) is 4. The van der Waals surface area contributed by atoms with Crippen LogP contribution in [0.15, 0.2) is 77.2 Å². The van der Waals surface area contributed by atoms with E-state index in [1.165, 1.54) is 18.5 Å². The summed E-state index contributed by atoms with van der Waals surface area (Å²) >= 11 is 0. The van der Waals surface area contributed by atoms with Crippen LogP contribution in [0.25, 0.3) is 33.3 Å². The number of azo groups is 1. The van der Waals surface area contributed by atoms with Crippen molar-refractivity contribution in [1.29, 1.82) is 0 Å². The topological polar surface area (TPSA) is 151 Å². The van der Waals surface area contributed by atoms with Gasteiger partial charge in [-0.05, 0) is 30.3 Å². The highest BCUT2D eigenvalue weighted by Crippen LogP contribution is 2.50. The third-order valence-electron chi connectivity index (χ3n) is 6.64. The minimum absolute atomic E-state index is 0.0213. The minimum atomic E-state index is -0.839. The average molecular weight is 509 g/mol. The molecule has 1 aromatic heterocycles. The molecule has 3 aliphatic rings. The summed E-state index contributed by atoms with van der Waals surface area (Å²) in [6, 6.07) is 15.8. The van der Waals surface area contributed by atoms with Gasteiger partial charge in [0, 0.05) is 55.2 Å². The summed E-state index contributed by atoms with van der Waals surface area (Å²) in [6.07, 6.45) is 2.87. The summed E-state index contributed by atoms with van der Waals surface area (Å²) in [4.78, 5) is 30.8. The van der Waals surface area contributed by atoms with Gasteiger partial charge in [0.05, 0.1) is 33.6 Å². The number of pyridine rings is 1. The molecule has 3 amide bonds. The molecule has 38 heavy (non-hydrogen) atoms. The summed E-state index contributed by atoms with van der Waals surface area (Å²) in [6.45, 7) is 3.84. The van der Waals surface area contributed by atoms with Crippen molar-refractivity contribution < 1.29 is 14.7 Å². The number of benzene rings is 2. The monoisotopic (exact) mass is 508 g/mol. The van der Waals surface area contributed by atoms with Crippen LogP contribution in [-0.2, 0) is 0 Å². The van der Waals surface area contributed by atoms with E-state index < -0.39 is 11.9 Å². The van der Waals surface area contributed by atoms with Gasteiger partial charge in [0.2, 0.25) is 0 Å². The number of aromatic nitrogens is 3. The van der Waals surface area contributed by atoms with E-state index in [1.54, 1.807) is 18.2 Å². The molecule has 190 valence electrons. The first-order chi connectivity index (χ1) is 18.6. The number of H-pyrrole nitrogens is 2. The second-order valence-corrected chi connectivity index (χ2v) is 8.91. The largest absolute Gasteiger partial charge is 0.506 e. The van der Waals surface area contributed by atoms with Crippen LogP contribution in [0.4, 0.5) is 16.2 Å². The number of anilines is 2. The minimum Gasteiger partial charge on any atom is -0.506 e. The first kappa shape index (κ1) is 23.4. The van der Waals surface area contributed by atoms with Gasteiger partial charge in [-0.2, -0.15) is 0 Å². The fourth-order valence-electron chi connectivity index (χ4n) is 4.82. The van der Waals surface area contributed by atoms with Crippen molar-refractivity contribution in [2.24, 2.45) is 10.2 Å². The number of hydrogen-bond donors (Lipinski definition) is 5. The maximum Gasteiger partial charge on any atom is 0.364 e. The lowest BCUT2D eigenvalue weighted by molar-refractivity contribution is 0.0993. The summed E-state index contributed by atoms with van der Waals surface area (Å²) < 4.78 is 0. The van der Waals surface area contributed by atoms with Crippen molar-refractivity contribution in [2.75, 3.05) is 36.4 Å². The number of carbonyl (C=O) groups excluding carboxylic acids is 2. The predicted octanol–water partition coefficient (Wildman–Crippen LogP) is 4.60. The molecule has 0 radical (unpaired) electrons. The van der Waals surface area contributed by atoms with Gasteiger partial charge in [-0.25, -0.2) is 4.79 Å². The van der Waals surface area contributed by atoms with E-state index in [9.17, 15) is 14.7 Å². The van der Waals surface area contributed by atoms with Crippen LogP contribution in [0.5, 0.6) is 5.75 Å². The van der Waals surface area contributed by atoms with Crippen molar-refractivity contribution in [3.63, 3.8) is 0 Å². The zero-order valence-electron chi connectivity index (χ0n) is 20.2. The van der Waals surface area contributed by atoms with Crippen molar-refractivity contribution in [3.8, 4) is 28.3 Å². The first-order valence-electron chi connectivity index (χ1n) is 12.2. The number of piperazine rings is 1. The maximum atomic E-state index is 12.5. The molecule has 3 heterocycles. The molecule has 11 heteroatoms. The van der Waals surface area contributed by atoms with Crippen molar-refractivity contribution >= 4 is 34.1 Å². The van der Waals surface area contributed by atoms with Gasteiger partial charge in [0.15, 0.2) is 0 Å². The highest BCUT2D eigenvalue weighted by atomic mass is 16.3. The van der Waals surface area contributed by atoms with Crippen LogP contribution in [0.3, 0.4) is 0 Å². The molecule has 0 bridgehead atoms. The van der Waals surface area contributed by atoms with Crippen LogP contribution >= 0.6 is 0 Å². The molecular weight excluding hydrogens is 484 g/mol. The Balaban J connectivity index is 1.28.